The third-order valence-corrected chi connectivity index (χ3v) is 5.92. The second-order valence-electron chi connectivity index (χ2n) is 7.79. The standard InChI is InChI=1S/C22H23N5O/c1-15-11-16(13-17(23)12-15)21(28)26-9-5-22(6-10-26)20-3-2-8-27(20)19-4-7-24-14-18(19)25-22/h2-4,7-8,11-14,25H,5-6,9-10,23H2,1H3. The number of benzene rings is 1. The molecule has 5 rings (SSSR count). The number of hydrogen-bond acceptors (Lipinski definition) is 4. The van der Waals surface area contributed by atoms with Gasteiger partial charge in [0.25, 0.3) is 5.91 Å². The number of rotatable bonds is 1. The van der Waals surface area contributed by atoms with Crippen LogP contribution < -0.4 is 11.1 Å². The molecular weight excluding hydrogens is 350 g/mol. The Labute approximate surface area is 164 Å². The zero-order chi connectivity index (χ0) is 19.3. The van der Waals surface area contributed by atoms with Crippen molar-refractivity contribution in [3.8, 4) is 5.69 Å². The molecule has 0 unspecified atom stereocenters. The van der Waals surface area contributed by atoms with Gasteiger partial charge in [-0.15, -0.1) is 0 Å². The maximum absolute atomic E-state index is 13.0. The number of piperidine rings is 1. The van der Waals surface area contributed by atoms with E-state index in [1.165, 1.54) is 5.69 Å². The Balaban J connectivity index is 1.41. The molecular formula is C22H23N5O. The van der Waals surface area contributed by atoms with Crippen LogP contribution in [-0.2, 0) is 5.54 Å². The van der Waals surface area contributed by atoms with E-state index in [0.717, 1.165) is 29.8 Å². The van der Waals surface area contributed by atoms with E-state index in [0.29, 0.717) is 24.3 Å². The summed E-state index contributed by atoms with van der Waals surface area (Å²) < 4.78 is 2.24. The molecule has 0 aliphatic carbocycles. The van der Waals surface area contributed by atoms with E-state index in [4.69, 9.17) is 5.73 Å². The van der Waals surface area contributed by atoms with Gasteiger partial charge in [-0.25, -0.2) is 0 Å². The molecule has 2 aromatic heterocycles. The highest BCUT2D eigenvalue weighted by molar-refractivity contribution is 5.95. The van der Waals surface area contributed by atoms with E-state index < -0.39 is 0 Å². The molecule has 2 aliphatic rings. The summed E-state index contributed by atoms with van der Waals surface area (Å²) in [5, 5.41) is 3.73. The highest BCUT2D eigenvalue weighted by Gasteiger charge is 2.42. The Hall–Kier alpha value is -3.28. The van der Waals surface area contributed by atoms with Crippen LogP contribution in [0.2, 0.25) is 0 Å². The van der Waals surface area contributed by atoms with Gasteiger partial charge in [0, 0.05) is 42.4 Å². The van der Waals surface area contributed by atoms with Crippen molar-refractivity contribution in [2.75, 3.05) is 24.1 Å². The van der Waals surface area contributed by atoms with Gasteiger partial charge in [-0.3, -0.25) is 9.78 Å². The minimum absolute atomic E-state index is 0.0542. The minimum Gasteiger partial charge on any atom is -0.399 e. The van der Waals surface area contributed by atoms with Crippen LogP contribution in [0.25, 0.3) is 5.69 Å². The third kappa shape index (κ3) is 2.56. The predicted octanol–water partition coefficient (Wildman–Crippen LogP) is 3.32. The normalized spacial score (nSPS) is 17.0. The lowest BCUT2D eigenvalue weighted by Crippen LogP contribution is -2.51. The van der Waals surface area contributed by atoms with Crippen molar-refractivity contribution in [2.24, 2.45) is 0 Å². The monoisotopic (exact) mass is 373 g/mol. The van der Waals surface area contributed by atoms with Crippen molar-refractivity contribution in [1.29, 1.82) is 0 Å². The third-order valence-electron chi connectivity index (χ3n) is 5.92. The number of aromatic nitrogens is 2. The molecule has 1 spiro atoms. The summed E-state index contributed by atoms with van der Waals surface area (Å²) in [5.41, 5.74) is 11.5. The van der Waals surface area contributed by atoms with E-state index in [1.807, 2.05) is 42.4 Å². The Morgan fingerprint density at radius 2 is 2.04 bits per heavy atom. The number of carbonyl (C=O) groups excluding carboxylic acids is 1. The molecule has 3 aromatic rings. The van der Waals surface area contributed by atoms with Gasteiger partial charge >= 0.3 is 0 Å². The molecule has 6 nitrogen and oxygen atoms in total. The Bertz CT molecular complexity index is 1040. The van der Waals surface area contributed by atoms with Crippen LogP contribution in [0, 0.1) is 6.92 Å². The molecule has 1 aromatic carbocycles. The van der Waals surface area contributed by atoms with E-state index >= 15 is 0 Å². The zero-order valence-electron chi connectivity index (χ0n) is 15.9. The van der Waals surface area contributed by atoms with Crippen LogP contribution in [0.3, 0.4) is 0 Å². The maximum Gasteiger partial charge on any atom is 0.253 e. The smallest absolute Gasteiger partial charge is 0.253 e. The van der Waals surface area contributed by atoms with Crippen LogP contribution >= 0.6 is 0 Å². The predicted molar refractivity (Wildman–Crippen MR) is 110 cm³/mol. The topological polar surface area (TPSA) is 76.2 Å². The molecule has 0 bridgehead atoms. The maximum atomic E-state index is 13.0. The number of aryl methyl sites for hydroxylation is 1. The first kappa shape index (κ1) is 16.9. The second-order valence-corrected chi connectivity index (χ2v) is 7.79. The lowest BCUT2D eigenvalue weighted by Gasteiger charge is -2.46. The van der Waals surface area contributed by atoms with Gasteiger partial charge < -0.3 is 20.5 Å². The summed E-state index contributed by atoms with van der Waals surface area (Å²) in [6, 6.07) is 11.9. The Morgan fingerprint density at radius 1 is 1.21 bits per heavy atom. The van der Waals surface area contributed by atoms with E-state index in [2.05, 4.69) is 33.2 Å². The van der Waals surface area contributed by atoms with Gasteiger partial charge in [-0.05, 0) is 61.7 Å². The van der Waals surface area contributed by atoms with Crippen molar-refractivity contribution >= 4 is 17.3 Å². The molecule has 1 amide bonds. The molecule has 1 saturated heterocycles. The highest BCUT2D eigenvalue weighted by Crippen LogP contribution is 2.43. The average molecular weight is 373 g/mol. The van der Waals surface area contributed by atoms with Gasteiger partial charge in [0.1, 0.15) is 0 Å². The molecule has 4 heterocycles. The molecule has 3 N–H and O–H groups in total. The number of amides is 1. The van der Waals surface area contributed by atoms with Crippen LogP contribution in [0.5, 0.6) is 0 Å². The first-order valence-electron chi connectivity index (χ1n) is 9.63. The number of fused-ring (bicyclic) bond motifs is 4. The number of nitrogens with one attached hydrogen (secondary N) is 1. The van der Waals surface area contributed by atoms with Gasteiger partial charge in [0.15, 0.2) is 0 Å². The number of nitrogen functional groups attached to an aromatic ring is 1. The van der Waals surface area contributed by atoms with Crippen LogP contribution in [0.15, 0.2) is 55.0 Å². The molecule has 0 radical (unpaired) electrons. The fourth-order valence-corrected chi connectivity index (χ4v) is 4.59. The lowest BCUT2D eigenvalue weighted by atomic mass is 9.82. The first-order chi connectivity index (χ1) is 13.6. The largest absolute Gasteiger partial charge is 0.399 e. The molecule has 142 valence electrons. The van der Waals surface area contributed by atoms with Crippen molar-refractivity contribution in [2.45, 2.75) is 25.3 Å². The summed E-state index contributed by atoms with van der Waals surface area (Å²) in [6.07, 6.45) is 7.49. The van der Waals surface area contributed by atoms with Crippen molar-refractivity contribution < 1.29 is 4.79 Å². The van der Waals surface area contributed by atoms with E-state index in [-0.39, 0.29) is 11.4 Å². The van der Waals surface area contributed by atoms with Crippen molar-refractivity contribution in [3.05, 3.63) is 71.8 Å². The summed E-state index contributed by atoms with van der Waals surface area (Å²) >= 11 is 0. The number of nitrogens with zero attached hydrogens (tertiary/aromatic N) is 3. The molecule has 1 fully saturated rings. The molecule has 28 heavy (non-hydrogen) atoms. The fourth-order valence-electron chi connectivity index (χ4n) is 4.59. The number of hydrogen-bond donors (Lipinski definition) is 2. The van der Waals surface area contributed by atoms with Crippen molar-refractivity contribution in [3.63, 3.8) is 0 Å². The van der Waals surface area contributed by atoms with Crippen LogP contribution in [0.1, 0.15) is 34.5 Å². The van der Waals surface area contributed by atoms with E-state index in [1.54, 1.807) is 6.07 Å². The lowest BCUT2D eigenvalue weighted by molar-refractivity contribution is 0.0676. The molecule has 0 saturated carbocycles. The number of carbonyl (C=O) groups is 1. The van der Waals surface area contributed by atoms with Gasteiger partial charge in [0.05, 0.1) is 23.1 Å². The summed E-state index contributed by atoms with van der Waals surface area (Å²) in [4.78, 5) is 19.2. The zero-order valence-corrected chi connectivity index (χ0v) is 15.9. The molecule has 2 aliphatic heterocycles. The first-order valence-corrected chi connectivity index (χ1v) is 9.63. The molecule has 0 atom stereocenters. The van der Waals surface area contributed by atoms with Crippen LogP contribution in [-0.4, -0.2) is 33.4 Å². The van der Waals surface area contributed by atoms with Crippen molar-refractivity contribution in [1.82, 2.24) is 14.5 Å². The average Bonchev–Trinajstić information content (AvgIpc) is 3.19. The van der Waals surface area contributed by atoms with Crippen LogP contribution in [0.4, 0.5) is 11.4 Å². The Morgan fingerprint density at radius 3 is 2.82 bits per heavy atom. The number of nitrogens with two attached hydrogens (primary N) is 1. The Kier molecular flexibility index (Phi) is 3.69. The number of pyridine rings is 1. The summed E-state index contributed by atoms with van der Waals surface area (Å²) in [5.74, 6) is 0.0542. The van der Waals surface area contributed by atoms with Gasteiger partial charge in [-0.2, -0.15) is 0 Å². The highest BCUT2D eigenvalue weighted by atomic mass is 16.2. The summed E-state index contributed by atoms with van der Waals surface area (Å²) in [6.45, 7) is 3.35. The quantitative estimate of drug-likeness (QED) is 0.642. The fraction of sp³-hybridized carbons (Fsp3) is 0.273. The number of anilines is 2. The van der Waals surface area contributed by atoms with E-state index in [9.17, 15) is 4.79 Å². The van der Waals surface area contributed by atoms with Gasteiger partial charge in [0.2, 0.25) is 0 Å². The minimum atomic E-state index is -0.179. The van der Waals surface area contributed by atoms with Gasteiger partial charge in [-0.1, -0.05) is 0 Å². The number of likely N-dealkylation sites (tertiary alicyclic amines) is 1. The molecule has 6 heteroatoms. The summed E-state index contributed by atoms with van der Waals surface area (Å²) in [7, 11) is 0. The SMILES string of the molecule is Cc1cc(N)cc(C(=O)N2CCC3(CC2)Nc2cnccc2-n2cccc23)c1. The second kappa shape index (κ2) is 6.12.